The van der Waals surface area contributed by atoms with E-state index in [1.165, 1.54) is 18.0 Å². The third-order valence-corrected chi connectivity index (χ3v) is 2.88. The molecule has 0 aliphatic rings. The lowest BCUT2D eigenvalue weighted by atomic mass is 10.3. The van der Waals surface area contributed by atoms with Crippen molar-refractivity contribution >= 4 is 21.6 Å². The van der Waals surface area contributed by atoms with Crippen LogP contribution in [0.2, 0.25) is 0 Å². The molecule has 0 saturated heterocycles. The van der Waals surface area contributed by atoms with Crippen molar-refractivity contribution in [3.63, 3.8) is 0 Å². The van der Waals surface area contributed by atoms with Gasteiger partial charge in [-0.3, -0.25) is 0 Å². The van der Waals surface area contributed by atoms with Crippen LogP contribution >= 0.6 is 11.8 Å². The smallest absolute Gasteiger partial charge is 0.147 e. The van der Waals surface area contributed by atoms with Gasteiger partial charge < -0.3 is 5.11 Å². The standard InChI is InChI=1S/C6H14O3S2/c1-10-5-6(7)3-4-11(2,8)9/h6-7H,3-5H2,1-2H3. The molecule has 68 valence electrons. The van der Waals surface area contributed by atoms with Gasteiger partial charge in [0.2, 0.25) is 0 Å². The topological polar surface area (TPSA) is 54.4 Å². The number of rotatable bonds is 5. The van der Waals surface area contributed by atoms with Gasteiger partial charge in [-0.15, -0.1) is 0 Å². The highest BCUT2D eigenvalue weighted by Crippen LogP contribution is 2.02. The molecule has 0 aliphatic carbocycles. The molecule has 1 N–H and O–H groups in total. The zero-order chi connectivity index (χ0) is 8.91. The van der Waals surface area contributed by atoms with Gasteiger partial charge in [0, 0.05) is 12.0 Å². The van der Waals surface area contributed by atoms with E-state index in [9.17, 15) is 8.42 Å². The van der Waals surface area contributed by atoms with Crippen molar-refractivity contribution in [2.45, 2.75) is 12.5 Å². The highest BCUT2D eigenvalue weighted by atomic mass is 32.2. The van der Waals surface area contributed by atoms with Crippen LogP contribution in [0.3, 0.4) is 0 Å². The van der Waals surface area contributed by atoms with Gasteiger partial charge in [0.25, 0.3) is 0 Å². The van der Waals surface area contributed by atoms with E-state index in [1.54, 1.807) is 0 Å². The van der Waals surface area contributed by atoms with Crippen LogP contribution in [0.1, 0.15) is 6.42 Å². The molecule has 0 fully saturated rings. The monoisotopic (exact) mass is 198 g/mol. The fourth-order valence-corrected chi connectivity index (χ4v) is 1.88. The molecule has 0 aliphatic heterocycles. The molecule has 1 unspecified atom stereocenters. The minimum absolute atomic E-state index is 0.0781. The number of aliphatic hydroxyl groups excluding tert-OH is 1. The number of sulfone groups is 1. The second kappa shape index (κ2) is 5.00. The van der Waals surface area contributed by atoms with E-state index in [2.05, 4.69) is 0 Å². The van der Waals surface area contributed by atoms with Crippen LogP contribution < -0.4 is 0 Å². The lowest BCUT2D eigenvalue weighted by Gasteiger charge is -2.06. The summed E-state index contributed by atoms with van der Waals surface area (Å²) in [7, 11) is -2.91. The first-order chi connectivity index (χ1) is 4.95. The second-order valence-electron chi connectivity index (χ2n) is 2.53. The molecule has 0 rings (SSSR count). The average molecular weight is 198 g/mol. The molecule has 5 heteroatoms. The van der Waals surface area contributed by atoms with E-state index < -0.39 is 15.9 Å². The number of hydrogen-bond donors (Lipinski definition) is 1. The van der Waals surface area contributed by atoms with Crippen LogP contribution in [0.5, 0.6) is 0 Å². The van der Waals surface area contributed by atoms with Crippen molar-refractivity contribution in [2.24, 2.45) is 0 Å². The minimum atomic E-state index is -2.91. The Hall–Kier alpha value is 0.260. The van der Waals surface area contributed by atoms with Crippen LogP contribution in [0.15, 0.2) is 0 Å². The molecule has 0 saturated carbocycles. The molecule has 11 heavy (non-hydrogen) atoms. The molecule has 0 heterocycles. The van der Waals surface area contributed by atoms with Crippen molar-refractivity contribution in [3.05, 3.63) is 0 Å². The molecule has 0 amide bonds. The molecule has 0 aromatic carbocycles. The van der Waals surface area contributed by atoms with Crippen LogP contribution in [-0.2, 0) is 9.84 Å². The van der Waals surface area contributed by atoms with Gasteiger partial charge in [0.1, 0.15) is 9.84 Å². The summed E-state index contributed by atoms with van der Waals surface area (Å²) in [5, 5.41) is 9.13. The second-order valence-corrected chi connectivity index (χ2v) is 5.70. The normalized spacial score (nSPS) is 14.8. The molecule has 0 bridgehead atoms. The zero-order valence-corrected chi connectivity index (χ0v) is 8.41. The van der Waals surface area contributed by atoms with E-state index in [0.717, 1.165) is 0 Å². The predicted molar refractivity (Wildman–Crippen MR) is 48.7 cm³/mol. The SMILES string of the molecule is CSCC(O)CCS(C)(=O)=O. The lowest BCUT2D eigenvalue weighted by Crippen LogP contribution is -2.15. The van der Waals surface area contributed by atoms with Crippen LogP contribution in [0, 0.1) is 0 Å². The first-order valence-corrected chi connectivity index (χ1v) is 6.76. The average Bonchev–Trinajstić information content (AvgIpc) is 1.83. The van der Waals surface area contributed by atoms with E-state index in [0.29, 0.717) is 12.2 Å². The van der Waals surface area contributed by atoms with Crippen LogP contribution in [-0.4, -0.2) is 43.6 Å². The molecule has 3 nitrogen and oxygen atoms in total. The summed E-state index contributed by atoms with van der Waals surface area (Å²) < 4.78 is 21.2. The van der Waals surface area contributed by atoms with Gasteiger partial charge in [-0.1, -0.05) is 0 Å². The Morgan fingerprint density at radius 3 is 2.45 bits per heavy atom. The molecule has 0 radical (unpaired) electrons. The summed E-state index contributed by atoms with van der Waals surface area (Å²) in [5.41, 5.74) is 0. The number of hydrogen-bond acceptors (Lipinski definition) is 4. The quantitative estimate of drug-likeness (QED) is 0.683. The third-order valence-electron chi connectivity index (χ3n) is 1.18. The van der Waals surface area contributed by atoms with Gasteiger partial charge in [-0.25, -0.2) is 8.42 Å². The third kappa shape index (κ3) is 8.16. The molecule has 1 atom stereocenters. The summed E-state index contributed by atoms with van der Waals surface area (Å²) >= 11 is 1.52. The Morgan fingerprint density at radius 1 is 1.55 bits per heavy atom. The maximum atomic E-state index is 10.6. The summed E-state index contributed by atoms with van der Waals surface area (Å²) in [5.74, 6) is 0.685. The Bertz CT molecular complexity index is 186. The predicted octanol–water partition coefficient (Wildman–Crippen LogP) is 0.145. The van der Waals surface area contributed by atoms with Crippen LogP contribution in [0.25, 0.3) is 0 Å². The van der Waals surface area contributed by atoms with Gasteiger partial charge in [-0.2, -0.15) is 11.8 Å². The maximum Gasteiger partial charge on any atom is 0.147 e. The van der Waals surface area contributed by atoms with Gasteiger partial charge in [0.05, 0.1) is 11.9 Å². The molecule has 0 aromatic heterocycles. The van der Waals surface area contributed by atoms with Crippen molar-refractivity contribution in [3.8, 4) is 0 Å². The summed E-state index contributed by atoms with van der Waals surface area (Å²) in [6.45, 7) is 0. The van der Waals surface area contributed by atoms with Crippen molar-refractivity contribution in [1.82, 2.24) is 0 Å². The summed E-state index contributed by atoms with van der Waals surface area (Å²) in [6, 6.07) is 0. The largest absolute Gasteiger partial charge is 0.392 e. The van der Waals surface area contributed by atoms with E-state index in [4.69, 9.17) is 5.11 Å². The highest BCUT2D eigenvalue weighted by Gasteiger charge is 2.07. The summed E-state index contributed by atoms with van der Waals surface area (Å²) in [4.78, 5) is 0. The van der Waals surface area contributed by atoms with Gasteiger partial charge in [-0.05, 0) is 12.7 Å². The zero-order valence-electron chi connectivity index (χ0n) is 6.78. The van der Waals surface area contributed by atoms with Crippen LogP contribution in [0.4, 0.5) is 0 Å². The fourth-order valence-electron chi connectivity index (χ4n) is 0.626. The molecular formula is C6H14O3S2. The number of thioether (sulfide) groups is 1. The van der Waals surface area contributed by atoms with E-state index in [-0.39, 0.29) is 5.75 Å². The van der Waals surface area contributed by atoms with Crippen molar-refractivity contribution < 1.29 is 13.5 Å². The molecular weight excluding hydrogens is 184 g/mol. The Kier molecular flexibility index (Phi) is 5.12. The van der Waals surface area contributed by atoms with Gasteiger partial charge in [0.15, 0.2) is 0 Å². The van der Waals surface area contributed by atoms with Gasteiger partial charge >= 0.3 is 0 Å². The lowest BCUT2D eigenvalue weighted by molar-refractivity contribution is 0.196. The summed E-state index contributed by atoms with van der Waals surface area (Å²) in [6.07, 6.45) is 2.92. The minimum Gasteiger partial charge on any atom is -0.392 e. The molecule has 0 aromatic rings. The first kappa shape index (κ1) is 11.3. The maximum absolute atomic E-state index is 10.6. The fraction of sp³-hybridized carbons (Fsp3) is 1.00. The van der Waals surface area contributed by atoms with E-state index >= 15 is 0 Å². The van der Waals surface area contributed by atoms with E-state index in [1.807, 2.05) is 6.26 Å². The Balaban J connectivity index is 3.54. The first-order valence-electron chi connectivity index (χ1n) is 3.30. The number of aliphatic hydroxyl groups is 1. The Labute approximate surface area is 72.1 Å². The highest BCUT2D eigenvalue weighted by molar-refractivity contribution is 7.98. The van der Waals surface area contributed by atoms with Crippen molar-refractivity contribution in [2.75, 3.05) is 24.0 Å². The Morgan fingerprint density at radius 2 is 2.09 bits per heavy atom. The molecule has 0 spiro atoms. The van der Waals surface area contributed by atoms with Crippen molar-refractivity contribution in [1.29, 1.82) is 0 Å².